The number of hydrogen-bond acceptors (Lipinski definition) is 4. The van der Waals surface area contributed by atoms with E-state index >= 15 is 0 Å². The summed E-state index contributed by atoms with van der Waals surface area (Å²) in [5, 5.41) is 4.55. The lowest BCUT2D eigenvalue weighted by atomic mass is 9.90. The molecule has 4 heterocycles. The van der Waals surface area contributed by atoms with E-state index in [2.05, 4.69) is 160 Å². The molecule has 0 fully saturated rings. The first kappa shape index (κ1) is 64.0. The zero-order valence-corrected chi connectivity index (χ0v) is 54.6. The summed E-state index contributed by atoms with van der Waals surface area (Å²) in [6.07, 6.45) is 46.3. The van der Waals surface area contributed by atoms with Crippen molar-refractivity contribution >= 4 is 45.3 Å². The molecule has 4 aromatic heterocycles. The first-order valence-corrected chi connectivity index (χ1v) is 36.6. The molecule has 0 aliphatic rings. The molecule has 0 saturated heterocycles. The first-order valence-electron chi connectivity index (χ1n) is 33.3. The maximum atomic E-state index is 2.72. The fourth-order valence-corrected chi connectivity index (χ4v) is 16.1. The van der Waals surface area contributed by atoms with Crippen molar-refractivity contribution in [3.05, 3.63) is 129 Å². The average molecular weight is 1150 g/mol. The third-order valence-corrected chi connectivity index (χ3v) is 21.2. The van der Waals surface area contributed by atoms with E-state index in [0.29, 0.717) is 0 Å². The zero-order valence-electron chi connectivity index (χ0n) is 51.3. The van der Waals surface area contributed by atoms with Gasteiger partial charge < -0.3 is 0 Å². The monoisotopic (exact) mass is 1150 g/mol. The minimum Gasteiger partial charge on any atom is -0.144 e. The van der Waals surface area contributed by atoms with E-state index in [1.165, 1.54) is 255 Å². The van der Waals surface area contributed by atoms with Gasteiger partial charge in [-0.3, -0.25) is 0 Å². The standard InChI is InChI=1S/C76H106S4/c1-7-13-19-25-31-39-59-55-67(61(41-33-27-21-15-9-3)53-65(59)71-45-37-51-77-71)73-47-49-75(79-73)69-57-64(44-36-30-24-18-12-6)70(58-63(69)43-35-29-23-17-11-5)76-50-48-74(80-76)68-56-60(40-32-26-20-14-8-2)66(72-46-38-52-78-72)54-62(68)42-34-28-22-16-10-4/h37-38,45-58H,7-36,39-44H2,1-6H3. The summed E-state index contributed by atoms with van der Waals surface area (Å²) >= 11 is 8.01. The maximum absolute atomic E-state index is 2.72. The van der Waals surface area contributed by atoms with Crippen molar-refractivity contribution in [2.75, 3.05) is 0 Å². The lowest BCUT2D eigenvalue weighted by molar-refractivity contribution is 0.630. The largest absolute Gasteiger partial charge is 0.144 e. The van der Waals surface area contributed by atoms with E-state index in [1.54, 1.807) is 33.4 Å². The first-order chi connectivity index (χ1) is 39.5. The number of hydrogen-bond donors (Lipinski definition) is 0. The van der Waals surface area contributed by atoms with Crippen molar-refractivity contribution in [2.45, 2.75) is 273 Å². The van der Waals surface area contributed by atoms with Gasteiger partial charge in [0.25, 0.3) is 0 Å². The zero-order chi connectivity index (χ0) is 56.0. The van der Waals surface area contributed by atoms with Gasteiger partial charge >= 0.3 is 0 Å². The van der Waals surface area contributed by atoms with E-state index in [1.807, 2.05) is 22.7 Å². The average Bonchev–Trinajstić information content (AvgIpc) is 4.36. The molecule has 0 spiro atoms. The number of benzene rings is 3. The fourth-order valence-electron chi connectivity index (χ4n) is 12.3. The predicted octanol–water partition coefficient (Wildman–Crippen LogP) is 27.0. The number of unbranched alkanes of at least 4 members (excludes halogenated alkanes) is 24. The van der Waals surface area contributed by atoms with Gasteiger partial charge in [-0.25, -0.2) is 0 Å². The van der Waals surface area contributed by atoms with Gasteiger partial charge in [0.15, 0.2) is 0 Å². The Kier molecular flexibility index (Phi) is 29.5. The molecule has 0 unspecified atom stereocenters. The fraction of sp³-hybridized carbons (Fsp3) is 0.553. The molecule has 3 aromatic carbocycles. The Morgan fingerprint density at radius 1 is 0.225 bits per heavy atom. The molecule has 0 aliphatic heterocycles. The van der Waals surface area contributed by atoms with Gasteiger partial charge in [0.1, 0.15) is 0 Å². The Morgan fingerprint density at radius 2 is 0.425 bits per heavy atom. The van der Waals surface area contributed by atoms with E-state index in [-0.39, 0.29) is 0 Å². The van der Waals surface area contributed by atoms with Crippen molar-refractivity contribution < 1.29 is 0 Å². The molecule has 4 heteroatoms. The van der Waals surface area contributed by atoms with Crippen LogP contribution in [-0.2, 0) is 38.5 Å². The summed E-state index contributed by atoms with van der Waals surface area (Å²) in [5.41, 5.74) is 18.3. The Bertz CT molecular complexity index is 2570. The van der Waals surface area contributed by atoms with Crippen LogP contribution >= 0.6 is 45.3 Å². The second-order valence-corrected chi connectivity index (χ2v) is 27.8. The van der Waals surface area contributed by atoms with E-state index in [0.717, 1.165) is 38.5 Å². The summed E-state index contributed by atoms with van der Waals surface area (Å²) in [4.78, 5) is 8.72. The van der Waals surface area contributed by atoms with Gasteiger partial charge in [-0.1, -0.05) is 208 Å². The van der Waals surface area contributed by atoms with Crippen molar-refractivity contribution in [1.29, 1.82) is 0 Å². The van der Waals surface area contributed by atoms with Crippen LogP contribution in [0.5, 0.6) is 0 Å². The van der Waals surface area contributed by atoms with Crippen LogP contribution in [0, 0.1) is 0 Å². The van der Waals surface area contributed by atoms with Gasteiger partial charge in [-0.05, 0) is 227 Å². The minimum absolute atomic E-state index is 1.14. The summed E-state index contributed by atoms with van der Waals surface area (Å²) in [5.74, 6) is 0. The van der Waals surface area contributed by atoms with E-state index < -0.39 is 0 Å². The number of thiophene rings is 4. The quantitative estimate of drug-likeness (QED) is 0.0335. The number of rotatable bonds is 42. The van der Waals surface area contributed by atoms with Crippen molar-refractivity contribution in [2.24, 2.45) is 0 Å². The summed E-state index contributed by atoms with van der Waals surface area (Å²) < 4.78 is 0. The van der Waals surface area contributed by atoms with Crippen LogP contribution in [-0.4, -0.2) is 0 Å². The van der Waals surface area contributed by atoms with E-state index in [9.17, 15) is 0 Å². The molecule has 0 atom stereocenters. The second kappa shape index (κ2) is 36.9. The van der Waals surface area contributed by atoms with Crippen LogP contribution in [0.4, 0.5) is 0 Å². The highest BCUT2D eigenvalue weighted by Gasteiger charge is 2.21. The molecule has 80 heavy (non-hydrogen) atoms. The molecule has 7 aromatic rings. The SMILES string of the molecule is CCCCCCCc1cc(-c2ccc(-c3cc(CCCCCCC)c(-c4ccc(-c5cc(CCCCCCC)c(-c6cccs6)cc5CCCCCCC)s4)cc3CCCCCCC)s2)c(CCCCCCC)cc1-c1cccs1. The smallest absolute Gasteiger partial charge is 0.0352 e. The topological polar surface area (TPSA) is 0 Å². The highest BCUT2D eigenvalue weighted by molar-refractivity contribution is 7.19. The van der Waals surface area contributed by atoms with Crippen LogP contribution in [0.15, 0.2) is 95.7 Å². The molecule has 0 radical (unpaired) electrons. The van der Waals surface area contributed by atoms with Crippen LogP contribution < -0.4 is 0 Å². The van der Waals surface area contributed by atoms with Gasteiger partial charge in [-0.2, -0.15) is 0 Å². The summed E-state index contributed by atoms with van der Waals surface area (Å²) in [7, 11) is 0. The third kappa shape index (κ3) is 19.8. The molecule has 0 aliphatic carbocycles. The molecule has 0 nitrogen and oxygen atoms in total. The number of aryl methyl sites for hydroxylation is 6. The van der Waals surface area contributed by atoms with E-state index in [4.69, 9.17) is 0 Å². The molecular weight excluding hydrogens is 1040 g/mol. The highest BCUT2D eigenvalue weighted by Crippen LogP contribution is 2.46. The minimum atomic E-state index is 1.14. The van der Waals surface area contributed by atoms with Crippen LogP contribution in [0.3, 0.4) is 0 Å². The molecule has 7 rings (SSSR count). The molecule has 0 N–H and O–H groups in total. The Hall–Kier alpha value is -3.54. The van der Waals surface area contributed by atoms with Crippen molar-refractivity contribution in [1.82, 2.24) is 0 Å². The second-order valence-electron chi connectivity index (χ2n) is 23.8. The Labute approximate surface area is 506 Å². The van der Waals surface area contributed by atoms with Gasteiger partial charge in [-0.15, -0.1) is 45.3 Å². The highest BCUT2D eigenvalue weighted by atomic mass is 32.1. The summed E-state index contributed by atoms with van der Waals surface area (Å²) in [6, 6.07) is 35.4. The molecule has 0 amide bonds. The van der Waals surface area contributed by atoms with Gasteiger partial charge in [0, 0.05) is 29.3 Å². The molecule has 0 saturated carbocycles. The lowest BCUT2D eigenvalue weighted by Crippen LogP contribution is -1.98. The molecule has 0 bridgehead atoms. The molecular formula is C76H106S4. The Morgan fingerprint density at radius 3 is 0.613 bits per heavy atom. The van der Waals surface area contributed by atoms with Crippen LogP contribution in [0.1, 0.15) is 268 Å². The predicted molar refractivity (Wildman–Crippen MR) is 365 cm³/mol. The van der Waals surface area contributed by atoms with Crippen molar-refractivity contribution in [3.63, 3.8) is 0 Å². The van der Waals surface area contributed by atoms with Gasteiger partial charge in [0.05, 0.1) is 0 Å². The molecule has 434 valence electrons. The van der Waals surface area contributed by atoms with Gasteiger partial charge in [0.2, 0.25) is 0 Å². The normalized spacial score (nSPS) is 11.7. The maximum Gasteiger partial charge on any atom is 0.0352 e. The summed E-state index contributed by atoms with van der Waals surface area (Å²) in [6.45, 7) is 14.0. The lowest BCUT2D eigenvalue weighted by Gasteiger charge is -2.17. The Balaban J connectivity index is 1.31. The van der Waals surface area contributed by atoms with Crippen LogP contribution in [0.25, 0.3) is 62.6 Å². The van der Waals surface area contributed by atoms with Crippen molar-refractivity contribution in [3.8, 4) is 62.6 Å². The van der Waals surface area contributed by atoms with Crippen LogP contribution in [0.2, 0.25) is 0 Å². The third-order valence-electron chi connectivity index (χ3n) is 17.1.